The van der Waals surface area contributed by atoms with Gasteiger partial charge in [0, 0.05) is 15.8 Å². The number of aromatic nitrogens is 2. The molecule has 0 fully saturated rings. The van der Waals surface area contributed by atoms with Crippen LogP contribution in [-0.4, -0.2) is 33.8 Å². The van der Waals surface area contributed by atoms with Gasteiger partial charge in [-0.25, -0.2) is 9.78 Å². The van der Waals surface area contributed by atoms with Gasteiger partial charge in [0.1, 0.15) is 9.83 Å². The molecule has 0 aliphatic heterocycles. The summed E-state index contributed by atoms with van der Waals surface area (Å²) in [6.07, 6.45) is 4.91. The molecule has 0 radical (unpaired) electrons. The Hall–Kier alpha value is -3.73. The number of rotatable bonds is 8. The van der Waals surface area contributed by atoms with Crippen molar-refractivity contribution in [2.75, 3.05) is 17.7 Å². The molecule has 1 aliphatic rings. The standard InChI is InChI=1S/C32H29N3O4S3/c1-2-39-31(38)27-22-16-10-5-11-17-24(22)42-29(27)33-25(36)19-41-32-34-28-26(23(18-40-28)20-12-6-3-7-13-20)30(37)35(32)21-14-8-4-9-15-21/h3-4,6-9,12-15,18H,2,5,10-11,16-17,19H2,1H3,(H,33,36). The van der Waals surface area contributed by atoms with Crippen LogP contribution in [0.4, 0.5) is 5.00 Å². The van der Waals surface area contributed by atoms with E-state index in [1.165, 1.54) is 34.4 Å². The van der Waals surface area contributed by atoms with E-state index in [1.54, 1.807) is 11.5 Å². The second-order valence-corrected chi connectivity index (χ2v) is 12.8. The molecule has 1 N–H and O–H groups in total. The highest BCUT2D eigenvalue weighted by Gasteiger charge is 2.27. The lowest BCUT2D eigenvalue weighted by molar-refractivity contribution is -0.113. The van der Waals surface area contributed by atoms with Crippen molar-refractivity contribution < 1.29 is 14.3 Å². The third-order valence-electron chi connectivity index (χ3n) is 7.16. The van der Waals surface area contributed by atoms with Crippen molar-refractivity contribution in [3.05, 3.63) is 92.4 Å². The van der Waals surface area contributed by atoms with Gasteiger partial charge in [-0.2, -0.15) is 0 Å². The molecule has 5 aromatic rings. The number of ether oxygens (including phenoxy) is 1. The molecule has 3 aromatic heterocycles. The van der Waals surface area contributed by atoms with Gasteiger partial charge in [-0.1, -0.05) is 66.7 Å². The van der Waals surface area contributed by atoms with E-state index in [9.17, 15) is 14.4 Å². The third-order valence-corrected chi connectivity index (χ3v) is 10.2. The van der Waals surface area contributed by atoms with Crippen LogP contribution in [0.3, 0.4) is 0 Å². The van der Waals surface area contributed by atoms with Gasteiger partial charge < -0.3 is 10.1 Å². The van der Waals surface area contributed by atoms with Gasteiger partial charge in [0.2, 0.25) is 5.91 Å². The number of aryl methyl sites for hydroxylation is 1. The lowest BCUT2D eigenvalue weighted by atomic mass is 10.1. The molecule has 0 bridgehead atoms. The Labute approximate surface area is 255 Å². The van der Waals surface area contributed by atoms with Crippen LogP contribution in [0.15, 0.2) is 76.0 Å². The molecule has 2 aromatic carbocycles. The third kappa shape index (κ3) is 5.66. The first-order chi connectivity index (χ1) is 20.5. The number of benzene rings is 2. The number of nitrogens with zero attached hydrogens (tertiary/aromatic N) is 2. The van der Waals surface area contributed by atoms with Gasteiger partial charge >= 0.3 is 5.97 Å². The van der Waals surface area contributed by atoms with Crippen molar-refractivity contribution in [2.24, 2.45) is 0 Å². The summed E-state index contributed by atoms with van der Waals surface area (Å²) in [5, 5.41) is 6.47. The molecule has 3 heterocycles. The van der Waals surface area contributed by atoms with Crippen LogP contribution in [0.2, 0.25) is 0 Å². The van der Waals surface area contributed by atoms with E-state index >= 15 is 0 Å². The molecule has 0 unspecified atom stereocenters. The van der Waals surface area contributed by atoms with Crippen molar-refractivity contribution >= 4 is 61.5 Å². The average Bonchev–Trinajstić information content (AvgIpc) is 3.50. The number of carbonyl (C=O) groups is 2. The number of esters is 1. The fourth-order valence-electron chi connectivity index (χ4n) is 5.25. The number of anilines is 1. The largest absolute Gasteiger partial charge is 0.462 e. The summed E-state index contributed by atoms with van der Waals surface area (Å²) in [5.41, 5.74) is 3.79. The number of amides is 1. The number of hydrogen-bond donors (Lipinski definition) is 1. The Kier molecular flexibility index (Phi) is 8.55. The van der Waals surface area contributed by atoms with Crippen molar-refractivity contribution in [3.8, 4) is 16.8 Å². The lowest BCUT2D eigenvalue weighted by Gasteiger charge is -2.13. The van der Waals surface area contributed by atoms with E-state index in [0.717, 1.165) is 53.7 Å². The zero-order valence-corrected chi connectivity index (χ0v) is 25.5. The van der Waals surface area contributed by atoms with Crippen molar-refractivity contribution in [1.29, 1.82) is 0 Å². The van der Waals surface area contributed by atoms with E-state index in [1.807, 2.05) is 66.0 Å². The molecule has 0 atom stereocenters. The molecule has 7 nitrogen and oxygen atoms in total. The SMILES string of the molecule is CCOC(=O)c1c(NC(=O)CSc2nc3scc(-c4ccccc4)c3c(=O)n2-c2ccccc2)sc2c1CCCCC2. The van der Waals surface area contributed by atoms with Crippen molar-refractivity contribution in [1.82, 2.24) is 9.55 Å². The summed E-state index contributed by atoms with van der Waals surface area (Å²) in [4.78, 5) is 46.9. The first-order valence-corrected chi connectivity index (χ1v) is 16.6. The summed E-state index contributed by atoms with van der Waals surface area (Å²) in [6.45, 7) is 2.05. The van der Waals surface area contributed by atoms with Crippen LogP contribution < -0.4 is 10.9 Å². The second-order valence-electron chi connectivity index (χ2n) is 9.89. The maximum atomic E-state index is 14.0. The van der Waals surface area contributed by atoms with Gasteiger partial charge in [0.25, 0.3) is 5.56 Å². The Bertz CT molecular complexity index is 1810. The smallest absolute Gasteiger partial charge is 0.341 e. The minimum Gasteiger partial charge on any atom is -0.462 e. The zero-order valence-electron chi connectivity index (χ0n) is 23.1. The number of fused-ring (bicyclic) bond motifs is 2. The molecule has 0 saturated carbocycles. The van der Waals surface area contributed by atoms with Crippen molar-refractivity contribution in [2.45, 2.75) is 44.2 Å². The number of hydrogen-bond acceptors (Lipinski definition) is 8. The summed E-state index contributed by atoms with van der Waals surface area (Å²) >= 11 is 4.09. The number of thiophene rings is 2. The topological polar surface area (TPSA) is 90.3 Å². The van der Waals surface area contributed by atoms with Crippen molar-refractivity contribution in [3.63, 3.8) is 0 Å². The predicted octanol–water partition coefficient (Wildman–Crippen LogP) is 7.35. The van der Waals surface area contributed by atoms with E-state index in [2.05, 4.69) is 5.32 Å². The second kappa shape index (κ2) is 12.6. The molecule has 1 aliphatic carbocycles. The van der Waals surface area contributed by atoms with Gasteiger partial charge in [0.05, 0.1) is 29.0 Å². The summed E-state index contributed by atoms with van der Waals surface area (Å²) < 4.78 is 6.94. The quantitative estimate of drug-likeness (QED) is 0.0850. The minimum atomic E-state index is -0.392. The highest BCUT2D eigenvalue weighted by Crippen LogP contribution is 2.38. The molecule has 1 amide bonds. The first-order valence-electron chi connectivity index (χ1n) is 13.9. The van der Waals surface area contributed by atoms with Crippen LogP contribution in [-0.2, 0) is 22.4 Å². The Morgan fingerprint density at radius 2 is 1.76 bits per heavy atom. The number of nitrogens with one attached hydrogen (secondary N) is 1. The van der Waals surface area contributed by atoms with Gasteiger partial charge in [-0.05, 0) is 55.9 Å². The van der Waals surface area contributed by atoms with E-state index < -0.39 is 5.97 Å². The monoisotopic (exact) mass is 615 g/mol. The predicted molar refractivity (Wildman–Crippen MR) is 172 cm³/mol. The Morgan fingerprint density at radius 1 is 1.02 bits per heavy atom. The molecule has 42 heavy (non-hydrogen) atoms. The highest BCUT2D eigenvalue weighted by molar-refractivity contribution is 7.99. The summed E-state index contributed by atoms with van der Waals surface area (Å²) in [7, 11) is 0. The minimum absolute atomic E-state index is 0.0204. The number of thioether (sulfide) groups is 1. The summed E-state index contributed by atoms with van der Waals surface area (Å²) in [6, 6.07) is 19.2. The lowest BCUT2D eigenvalue weighted by Crippen LogP contribution is -2.23. The van der Waals surface area contributed by atoms with Gasteiger partial charge in [-0.3, -0.25) is 14.2 Å². The number of carbonyl (C=O) groups excluding carboxylic acids is 2. The van der Waals surface area contributed by atoms with E-state index in [-0.39, 0.29) is 23.8 Å². The zero-order chi connectivity index (χ0) is 29.1. The normalized spacial score (nSPS) is 13.0. The fraction of sp³-hybridized carbons (Fsp3) is 0.250. The number of para-hydroxylation sites is 1. The first kappa shape index (κ1) is 28.4. The summed E-state index contributed by atoms with van der Waals surface area (Å²) in [5.74, 6) is -0.643. The maximum absolute atomic E-state index is 14.0. The molecule has 10 heteroatoms. The van der Waals surface area contributed by atoms with Gasteiger partial charge in [-0.15, -0.1) is 22.7 Å². The molecule has 0 spiro atoms. The van der Waals surface area contributed by atoms with Crippen LogP contribution in [0.5, 0.6) is 0 Å². The molecule has 214 valence electrons. The van der Waals surface area contributed by atoms with Crippen LogP contribution >= 0.6 is 34.4 Å². The Balaban J connectivity index is 1.32. The molecular weight excluding hydrogens is 587 g/mol. The highest BCUT2D eigenvalue weighted by atomic mass is 32.2. The van der Waals surface area contributed by atoms with Crippen LogP contribution in [0, 0.1) is 0 Å². The van der Waals surface area contributed by atoms with E-state index in [4.69, 9.17) is 9.72 Å². The molecular formula is C32H29N3O4S3. The Morgan fingerprint density at radius 3 is 2.52 bits per heavy atom. The average molecular weight is 616 g/mol. The van der Waals surface area contributed by atoms with Gasteiger partial charge in [0.15, 0.2) is 5.16 Å². The maximum Gasteiger partial charge on any atom is 0.341 e. The van der Waals surface area contributed by atoms with Crippen LogP contribution in [0.25, 0.3) is 27.0 Å². The molecule has 0 saturated heterocycles. The fourth-order valence-corrected chi connectivity index (χ4v) is 8.34. The molecule has 6 rings (SSSR count). The van der Waals surface area contributed by atoms with E-state index in [0.29, 0.717) is 31.6 Å². The van der Waals surface area contributed by atoms with Crippen LogP contribution in [0.1, 0.15) is 47.0 Å².